The van der Waals surface area contributed by atoms with Gasteiger partial charge in [-0.25, -0.2) is 13.2 Å². The third-order valence-electron chi connectivity index (χ3n) is 2.32. The molecule has 110 valence electrons. The van der Waals surface area contributed by atoms with E-state index in [0.717, 1.165) is 7.11 Å². The molecule has 0 saturated heterocycles. The molecule has 1 aromatic carbocycles. The molecule has 0 bridgehead atoms. The van der Waals surface area contributed by atoms with Crippen LogP contribution in [0, 0.1) is 0 Å². The second-order valence-corrected chi connectivity index (χ2v) is 6.57. The molecule has 0 aliphatic rings. The largest absolute Gasteiger partial charge is 0.465 e. The minimum atomic E-state index is -3.75. The van der Waals surface area contributed by atoms with E-state index in [1.54, 1.807) is 18.2 Å². The van der Waals surface area contributed by atoms with E-state index in [2.05, 4.69) is 4.74 Å². The molecule has 0 aliphatic heterocycles. The van der Waals surface area contributed by atoms with Crippen LogP contribution in [-0.2, 0) is 24.1 Å². The third kappa shape index (κ3) is 3.88. The Morgan fingerprint density at radius 3 is 2.25 bits per heavy atom. The van der Waals surface area contributed by atoms with Crippen molar-refractivity contribution in [3.63, 3.8) is 0 Å². The molecule has 0 saturated carbocycles. The summed E-state index contributed by atoms with van der Waals surface area (Å²) in [5.74, 6) is -0.916. The zero-order valence-electron chi connectivity index (χ0n) is 10.7. The first-order valence-corrected chi connectivity index (χ1v) is 7.70. The van der Waals surface area contributed by atoms with Crippen molar-refractivity contribution >= 4 is 39.0 Å². The Labute approximate surface area is 127 Å². The lowest BCUT2D eigenvalue weighted by Crippen LogP contribution is -2.21. The second kappa shape index (κ2) is 6.97. The molecule has 0 fully saturated rings. The summed E-state index contributed by atoms with van der Waals surface area (Å²) in [5, 5.41) is -1.06. The van der Waals surface area contributed by atoms with Crippen LogP contribution in [0.2, 0.25) is 0 Å². The molecule has 20 heavy (non-hydrogen) atoms. The number of sulfone groups is 1. The van der Waals surface area contributed by atoms with Gasteiger partial charge in [0.2, 0.25) is 20.5 Å². The number of ether oxygens (including phenoxy) is 2. The topological polar surface area (TPSA) is 69.7 Å². The van der Waals surface area contributed by atoms with Gasteiger partial charge in [0.15, 0.2) is 5.03 Å². The normalized spacial score (nSPS) is 14.2. The number of methoxy groups -OCH3 is 1. The molecule has 8 heteroatoms. The smallest absolute Gasteiger partial charge is 0.354 e. The fraction of sp³-hybridized carbons (Fsp3) is 0.250. The summed E-state index contributed by atoms with van der Waals surface area (Å²) in [5.41, 5.74) is -1.31. The van der Waals surface area contributed by atoms with Gasteiger partial charge in [-0.1, -0.05) is 29.8 Å². The van der Waals surface area contributed by atoms with E-state index in [0.29, 0.717) is 0 Å². The number of hydrogen-bond donors (Lipinski definition) is 0. The van der Waals surface area contributed by atoms with Gasteiger partial charge in [0.05, 0.1) is 12.0 Å². The second-order valence-electron chi connectivity index (χ2n) is 3.62. The van der Waals surface area contributed by atoms with Gasteiger partial charge >= 0.3 is 5.97 Å². The molecule has 5 nitrogen and oxygen atoms in total. The highest BCUT2D eigenvalue weighted by atomic mass is 35.5. The van der Waals surface area contributed by atoms with Gasteiger partial charge in [-0.3, -0.25) is 0 Å². The van der Waals surface area contributed by atoms with E-state index in [9.17, 15) is 13.2 Å². The van der Waals surface area contributed by atoms with Gasteiger partial charge in [-0.05, 0) is 30.7 Å². The van der Waals surface area contributed by atoms with Crippen LogP contribution in [0.1, 0.15) is 6.92 Å². The fourth-order valence-corrected chi connectivity index (χ4v) is 2.76. The molecule has 0 amide bonds. The van der Waals surface area contributed by atoms with Crippen molar-refractivity contribution in [1.29, 1.82) is 0 Å². The van der Waals surface area contributed by atoms with Crippen molar-refractivity contribution in [2.24, 2.45) is 0 Å². The summed E-state index contributed by atoms with van der Waals surface area (Å²) in [6, 6.07) is 7.70. The lowest BCUT2D eigenvalue weighted by Gasteiger charge is -2.15. The lowest BCUT2D eigenvalue weighted by molar-refractivity contribution is -0.135. The molecule has 1 aromatic rings. The highest BCUT2D eigenvalue weighted by Crippen LogP contribution is 2.23. The molecule has 0 N–H and O–H groups in total. The van der Waals surface area contributed by atoms with Crippen molar-refractivity contribution in [1.82, 2.24) is 0 Å². The number of esters is 1. The molecule has 1 rings (SSSR count). The molecular formula is C12H12Cl2O5S. The predicted molar refractivity (Wildman–Crippen MR) is 74.9 cm³/mol. The Morgan fingerprint density at radius 2 is 1.75 bits per heavy atom. The maximum atomic E-state index is 12.2. The van der Waals surface area contributed by atoms with Crippen LogP contribution in [0.3, 0.4) is 0 Å². The summed E-state index contributed by atoms with van der Waals surface area (Å²) in [7, 11) is -2.64. The zero-order valence-corrected chi connectivity index (χ0v) is 13.0. The first kappa shape index (κ1) is 16.8. The van der Waals surface area contributed by atoms with Gasteiger partial charge in [-0.15, -0.1) is 0 Å². The van der Waals surface area contributed by atoms with E-state index in [-0.39, 0.29) is 4.90 Å². The summed E-state index contributed by atoms with van der Waals surface area (Å²) < 4.78 is 33.6. The zero-order chi connectivity index (χ0) is 15.3. The van der Waals surface area contributed by atoms with Crippen LogP contribution in [-0.4, -0.2) is 26.9 Å². The molecule has 0 spiro atoms. The SMILES string of the molecule is COC(=O)/C(Cl)=C(/Cl)OC(C)S(=O)(=O)c1ccccc1. The molecule has 0 aromatic heterocycles. The molecule has 0 radical (unpaired) electrons. The number of carbonyl (C=O) groups is 1. The number of carbonyl (C=O) groups excluding carboxylic acids is 1. The highest BCUT2D eigenvalue weighted by molar-refractivity contribution is 7.91. The van der Waals surface area contributed by atoms with Crippen LogP contribution in [0.15, 0.2) is 45.5 Å². The van der Waals surface area contributed by atoms with Crippen LogP contribution in [0.5, 0.6) is 0 Å². The Kier molecular flexibility index (Phi) is 5.86. The minimum absolute atomic E-state index is 0.0751. The van der Waals surface area contributed by atoms with Crippen molar-refractivity contribution in [3.05, 3.63) is 40.6 Å². The predicted octanol–water partition coefficient (Wildman–Crippen LogP) is 2.64. The molecule has 1 atom stereocenters. The summed E-state index contributed by atoms with van der Waals surface area (Å²) in [4.78, 5) is 11.2. The van der Waals surface area contributed by atoms with Gasteiger partial charge in [0.1, 0.15) is 0 Å². The van der Waals surface area contributed by atoms with Crippen LogP contribution < -0.4 is 0 Å². The monoisotopic (exact) mass is 338 g/mol. The Balaban J connectivity index is 2.97. The quantitative estimate of drug-likeness (QED) is 0.469. The van der Waals surface area contributed by atoms with E-state index < -0.39 is 31.5 Å². The molecule has 0 heterocycles. The summed E-state index contributed by atoms with van der Waals surface area (Å²) in [6.07, 6.45) is 0. The van der Waals surface area contributed by atoms with Crippen molar-refractivity contribution in [2.45, 2.75) is 17.3 Å². The van der Waals surface area contributed by atoms with Gasteiger partial charge in [-0.2, -0.15) is 0 Å². The van der Waals surface area contributed by atoms with Crippen molar-refractivity contribution in [3.8, 4) is 0 Å². The van der Waals surface area contributed by atoms with E-state index in [4.69, 9.17) is 27.9 Å². The first-order valence-electron chi connectivity index (χ1n) is 5.40. The van der Waals surface area contributed by atoms with E-state index in [1.807, 2.05) is 0 Å². The van der Waals surface area contributed by atoms with Gasteiger partial charge < -0.3 is 9.47 Å². The Hall–Kier alpha value is -1.24. The number of rotatable bonds is 5. The van der Waals surface area contributed by atoms with Crippen molar-refractivity contribution < 1.29 is 22.7 Å². The fourth-order valence-electron chi connectivity index (χ4n) is 1.23. The lowest BCUT2D eigenvalue weighted by atomic mass is 10.4. The maximum absolute atomic E-state index is 12.2. The molecule has 0 aliphatic carbocycles. The Bertz CT molecular complexity index is 610. The average Bonchev–Trinajstić information content (AvgIpc) is 2.46. The standard InChI is InChI=1S/C12H12Cl2O5S/c1-8(19-11(14)10(13)12(15)18-2)20(16,17)9-6-4-3-5-7-9/h3-8H,1-2H3/b11-10+. The van der Waals surface area contributed by atoms with Gasteiger partial charge in [0, 0.05) is 0 Å². The number of benzene rings is 1. The van der Waals surface area contributed by atoms with Crippen LogP contribution in [0.4, 0.5) is 0 Å². The first-order chi connectivity index (χ1) is 9.30. The molecular weight excluding hydrogens is 327 g/mol. The van der Waals surface area contributed by atoms with E-state index in [1.165, 1.54) is 19.1 Å². The average molecular weight is 339 g/mol. The highest BCUT2D eigenvalue weighted by Gasteiger charge is 2.27. The number of halogens is 2. The van der Waals surface area contributed by atoms with E-state index >= 15 is 0 Å². The van der Waals surface area contributed by atoms with Crippen molar-refractivity contribution in [2.75, 3.05) is 7.11 Å². The third-order valence-corrected chi connectivity index (χ3v) is 4.92. The maximum Gasteiger partial charge on any atom is 0.354 e. The van der Waals surface area contributed by atoms with Crippen LogP contribution in [0.25, 0.3) is 0 Å². The Morgan fingerprint density at radius 1 is 1.20 bits per heavy atom. The summed E-state index contributed by atoms with van der Waals surface area (Å²) in [6.45, 7) is 1.28. The van der Waals surface area contributed by atoms with Crippen LogP contribution >= 0.6 is 23.2 Å². The number of hydrogen-bond acceptors (Lipinski definition) is 5. The van der Waals surface area contributed by atoms with Gasteiger partial charge in [0.25, 0.3) is 0 Å². The summed E-state index contributed by atoms with van der Waals surface area (Å²) >= 11 is 11.2. The molecule has 1 unspecified atom stereocenters. The minimum Gasteiger partial charge on any atom is -0.465 e.